The van der Waals surface area contributed by atoms with E-state index >= 15 is 0 Å². The first-order valence-corrected chi connectivity index (χ1v) is 11.0. The van der Waals surface area contributed by atoms with Crippen molar-refractivity contribution in [2.24, 2.45) is 5.92 Å². The summed E-state index contributed by atoms with van der Waals surface area (Å²) in [4.78, 5) is 32.8. The van der Waals surface area contributed by atoms with Gasteiger partial charge in [-0.3, -0.25) is 9.59 Å². The van der Waals surface area contributed by atoms with E-state index in [-0.39, 0.29) is 17.7 Å². The third-order valence-electron chi connectivity index (χ3n) is 5.53. The van der Waals surface area contributed by atoms with Gasteiger partial charge in [0.2, 0.25) is 5.91 Å². The highest BCUT2D eigenvalue weighted by Gasteiger charge is 2.31. The van der Waals surface area contributed by atoms with E-state index in [9.17, 15) is 9.59 Å². The van der Waals surface area contributed by atoms with Crippen molar-refractivity contribution in [3.05, 3.63) is 15.6 Å². The van der Waals surface area contributed by atoms with Crippen LogP contribution in [-0.4, -0.2) is 40.8 Å². The number of carbonyl (C=O) groups is 2. The van der Waals surface area contributed by atoms with Crippen LogP contribution >= 0.6 is 11.3 Å². The quantitative estimate of drug-likeness (QED) is 0.851. The van der Waals surface area contributed by atoms with Crippen molar-refractivity contribution < 1.29 is 9.59 Å². The van der Waals surface area contributed by atoms with Gasteiger partial charge in [0.15, 0.2) is 0 Å². The summed E-state index contributed by atoms with van der Waals surface area (Å²) < 4.78 is 0. The lowest BCUT2D eigenvalue weighted by Gasteiger charge is -2.33. The molecule has 144 valence electrons. The van der Waals surface area contributed by atoms with Crippen LogP contribution in [0, 0.1) is 12.8 Å². The molecule has 1 aliphatic heterocycles. The number of hydrogen-bond acceptors (Lipinski definition) is 4. The molecule has 0 bridgehead atoms. The smallest absolute Gasteiger partial charge is 0.265 e. The Morgan fingerprint density at radius 3 is 2.69 bits per heavy atom. The van der Waals surface area contributed by atoms with E-state index in [0.717, 1.165) is 60.6 Å². The lowest BCUT2D eigenvalue weighted by Crippen LogP contribution is -2.47. The summed E-state index contributed by atoms with van der Waals surface area (Å²) in [5.74, 6) is 0.123. The number of amides is 2. The van der Waals surface area contributed by atoms with Crippen molar-refractivity contribution in [1.29, 1.82) is 0 Å². The average molecular weight is 378 g/mol. The summed E-state index contributed by atoms with van der Waals surface area (Å²) in [7, 11) is 0. The molecule has 2 heterocycles. The molecule has 2 aliphatic rings. The molecule has 1 unspecified atom stereocenters. The van der Waals surface area contributed by atoms with Crippen molar-refractivity contribution >= 4 is 23.2 Å². The number of nitrogens with zero attached hydrogens (tertiary/aromatic N) is 2. The maximum Gasteiger partial charge on any atom is 0.265 e. The summed E-state index contributed by atoms with van der Waals surface area (Å²) in [5.41, 5.74) is 0.831. The van der Waals surface area contributed by atoms with Gasteiger partial charge in [0.05, 0.1) is 16.6 Å². The van der Waals surface area contributed by atoms with Crippen molar-refractivity contribution in [2.45, 2.75) is 77.7 Å². The summed E-state index contributed by atoms with van der Waals surface area (Å²) >= 11 is 1.52. The van der Waals surface area contributed by atoms with Gasteiger partial charge in [0.1, 0.15) is 4.88 Å². The van der Waals surface area contributed by atoms with E-state index in [0.29, 0.717) is 12.6 Å². The van der Waals surface area contributed by atoms with Crippen LogP contribution in [-0.2, 0) is 11.2 Å². The average Bonchev–Trinajstić information content (AvgIpc) is 3.02. The Bertz CT molecular complexity index is 637. The molecular weight excluding hydrogens is 346 g/mol. The van der Waals surface area contributed by atoms with Crippen LogP contribution < -0.4 is 5.32 Å². The number of nitrogens with one attached hydrogen (secondary N) is 1. The van der Waals surface area contributed by atoms with Crippen LogP contribution in [0.4, 0.5) is 0 Å². The first-order valence-electron chi connectivity index (χ1n) is 10.1. The molecule has 2 amide bonds. The number of thiazole rings is 1. The molecule has 26 heavy (non-hydrogen) atoms. The molecule has 5 nitrogen and oxygen atoms in total. The number of carbonyl (C=O) groups excluding carboxylic acids is 2. The highest BCUT2D eigenvalue weighted by molar-refractivity contribution is 7.13. The Balaban J connectivity index is 1.60. The van der Waals surface area contributed by atoms with Gasteiger partial charge >= 0.3 is 0 Å². The van der Waals surface area contributed by atoms with E-state index in [1.807, 2.05) is 11.8 Å². The molecule has 1 N–H and O–H groups in total. The zero-order chi connectivity index (χ0) is 18.5. The van der Waals surface area contributed by atoms with E-state index < -0.39 is 0 Å². The zero-order valence-electron chi connectivity index (χ0n) is 16.1. The molecule has 3 rings (SSSR count). The van der Waals surface area contributed by atoms with Crippen LogP contribution in [0.25, 0.3) is 0 Å². The first-order chi connectivity index (χ1) is 12.6. The van der Waals surface area contributed by atoms with Crippen LogP contribution in [0.1, 0.15) is 78.7 Å². The van der Waals surface area contributed by atoms with E-state index in [1.165, 1.54) is 30.6 Å². The van der Waals surface area contributed by atoms with Gasteiger partial charge in [-0.05, 0) is 45.4 Å². The van der Waals surface area contributed by atoms with Gasteiger partial charge in [0, 0.05) is 19.1 Å². The van der Waals surface area contributed by atoms with Crippen LogP contribution in [0.15, 0.2) is 0 Å². The molecule has 2 fully saturated rings. The number of piperidine rings is 1. The number of likely N-dealkylation sites (tertiary alicyclic amines) is 1. The molecule has 0 aromatic carbocycles. The van der Waals surface area contributed by atoms with Crippen molar-refractivity contribution in [2.75, 3.05) is 13.1 Å². The molecule has 0 spiro atoms. The number of hydrogen-bond donors (Lipinski definition) is 1. The molecule has 1 atom stereocenters. The summed E-state index contributed by atoms with van der Waals surface area (Å²) in [6.07, 6.45) is 9.64. The summed E-state index contributed by atoms with van der Waals surface area (Å²) in [6.45, 7) is 5.32. The van der Waals surface area contributed by atoms with Crippen molar-refractivity contribution in [3.63, 3.8) is 0 Å². The molecule has 0 radical (unpaired) electrons. The minimum atomic E-state index is -0.0713. The van der Waals surface area contributed by atoms with Gasteiger partial charge < -0.3 is 10.2 Å². The number of aryl methyl sites for hydroxylation is 2. The molecule has 1 aliphatic carbocycles. The number of rotatable bonds is 5. The fourth-order valence-electron chi connectivity index (χ4n) is 4.06. The Kier molecular flexibility index (Phi) is 6.68. The SMILES string of the molecule is CCCc1nc(C)c(C(=O)N2CCCC(C(=O)NC3CCCCC3)C2)s1. The van der Waals surface area contributed by atoms with Crippen LogP contribution in [0.3, 0.4) is 0 Å². The van der Waals surface area contributed by atoms with Gasteiger partial charge in [-0.25, -0.2) is 4.98 Å². The molecule has 6 heteroatoms. The van der Waals surface area contributed by atoms with Gasteiger partial charge in [-0.1, -0.05) is 26.2 Å². The fourth-order valence-corrected chi connectivity index (χ4v) is 5.19. The fraction of sp³-hybridized carbons (Fsp3) is 0.750. The highest BCUT2D eigenvalue weighted by atomic mass is 32.1. The third kappa shape index (κ3) is 4.64. The molecule has 1 aromatic heterocycles. The molecule has 1 saturated heterocycles. The second-order valence-corrected chi connectivity index (χ2v) is 8.79. The zero-order valence-corrected chi connectivity index (χ0v) is 16.9. The summed E-state index contributed by atoms with van der Waals surface area (Å²) in [6, 6.07) is 0.336. The van der Waals surface area contributed by atoms with Crippen LogP contribution in [0.5, 0.6) is 0 Å². The maximum atomic E-state index is 13.0. The minimum Gasteiger partial charge on any atom is -0.353 e. The Hall–Kier alpha value is -1.43. The van der Waals surface area contributed by atoms with Crippen LogP contribution in [0.2, 0.25) is 0 Å². The minimum absolute atomic E-state index is 0.0533. The topological polar surface area (TPSA) is 62.3 Å². The first kappa shape index (κ1) is 19.3. The summed E-state index contributed by atoms with van der Waals surface area (Å²) in [5, 5.41) is 4.27. The monoisotopic (exact) mass is 377 g/mol. The van der Waals surface area contributed by atoms with Crippen molar-refractivity contribution in [1.82, 2.24) is 15.2 Å². The van der Waals surface area contributed by atoms with Gasteiger partial charge in [0.25, 0.3) is 5.91 Å². The van der Waals surface area contributed by atoms with E-state index in [2.05, 4.69) is 17.2 Å². The van der Waals surface area contributed by atoms with Gasteiger partial charge in [-0.15, -0.1) is 11.3 Å². The molecular formula is C20H31N3O2S. The third-order valence-corrected chi connectivity index (χ3v) is 6.74. The predicted octanol–water partition coefficient (Wildman–Crippen LogP) is 3.71. The Morgan fingerprint density at radius 2 is 1.96 bits per heavy atom. The van der Waals surface area contributed by atoms with Crippen molar-refractivity contribution in [3.8, 4) is 0 Å². The Morgan fingerprint density at radius 1 is 1.19 bits per heavy atom. The largest absolute Gasteiger partial charge is 0.353 e. The second kappa shape index (κ2) is 8.98. The lowest BCUT2D eigenvalue weighted by atomic mass is 9.93. The molecule has 1 saturated carbocycles. The standard InChI is InChI=1S/C20H31N3O2S/c1-3-8-17-21-14(2)18(26-17)20(25)23-12-7-9-15(13-23)19(24)22-16-10-5-4-6-11-16/h15-16H,3-13H2,1-2H3,(H,22,24). The second-order valence-electron chi connectivity index (χ2n) is 7.71. The highest BCUT2D eigenvalue weighted by Crippen LogP contribution is 2.25. The Labute approximate surface area is 160 Å². The molecule has 1 aromatic rings. The van der Waals surface area contributed by atoms with Gasteiger partial charge in [-0.2, -0.15) is 0 Å². The van der Waals surface area contributed by atoms with E-state index in [1.54, 1.807) is 0 Å². The number of aromatic nitrogens is 1. The lowest BCUT2D eigenvalue weighted by molar-refractivity contribution is -0.127. The van der Waals surface area contributed by atoms with E-state index in [4.69, 9.17) is 0 Å². The normalized spacial score (nSPS) is 21.6. The maximum absolute atomic E-state index is 13.0. The predicted molar refractivity (Wildman–Crippen MR) is 104 cm³/mol.